The molecule has 0 saturated heterocycles. The Hall–Kier alpha value is -2.10. The Kier molecular flexibility index (Phi) is 4.46. The molecule has 0 aliphatic carbocycles. The maximum atomic E-state index is 11.8. The van der Waals surface area contributed by atoms with Gasteiger partial charge in [-0.05, 0) is 25.5 Å². The predicted molar refractivity (Wildman–Crippen MR) is 66.0 cm³/mol. The number of aliphatic carboxylic acids is 1. The second-order valence-electron chi connectivity index (χ2n) is 3.54. The number of carboxylic acids is 1. The fourth-order valence-corrected chi connectivity index (χ4v) is 1.54. The summed E-state index contributed by atoms with van der Waals surface area (Å²) >= 11 is 0. The number of anilines is 1. The molecule has 0 saturated carbocycles. The summed E-state index contributed by atoms with van der Waals surface area (Å²) in [5.41, 5.74) is 1.78. The molecule has 0 unspecified atom stereocenters. The van der Waals surface area contributed by atoms with Crippen molar-refractivity contribution in [2.45, 2.75) is 13.8 Å². The summed E-state index contributed by atoms with van der Waals surface area (Å²) in [6.07, 6.45) is 1.92. The number of nitrogens with zero attached hydrogens (tertiary/aromatic N) is 1. The second-order valence-corrected chi connectivity index (χ2v) is 3.54. The quantitative estimate of drug-likeness (QED) is 0.809. The summed E-state index contributed by atoms with van der Waals surface area (Å²) < 4.78 is 0. The third kappa shape index (κ3) is 3.45. The number of hydrogen-bond donors (Lipinski definition) is 1. The standard InChI is InChI=1S/C13H15NO3/c1-3-14(12(15)8-9-13(16)17)11-7-5-4-6-10(11)2/h4-9H,3H2,1-2H3,(H,16,17)/b9-8-. The molecule has 17 heavy (non-hydrogen) atoms. The zero-order valence-corrected chi connectivity index (χ0v) is 9.88. The molecule has 1 amide bonds. The highest BCUT2D eigenvalue weighted by Crippen LogP contribution is 2.19. The molecule has 0 atom stereocenters. The smallest absolute Gasteiger partial charge is 0.328 e. The van der Waals surface area contributed by atoms with Crippen molar-refractivity contribution in [2.24, 2.45) is 0 Å². The molecule has 1 aromatic carbocycles. The van der Waals surface area contributed by atoms with Crippen LogP contribution in [0.15, 0.2) is 36.4 Å². The van der Waals surface area contributed by atoms with Gasteiger partial charge in [-0.2, -0.15) is 0 Å². The minimum absolute atomic E-state index is 0.329. The summed E-state index contributed by atoms with van der Waals surface area (Å²) in [5.74, 6) is -1.46. The van der Waals surface area contributed by atoms with Gasteiger partial charge in [-0.3, -0.25) is 4.79 Å². The van der Waals surface area contributed by atoms with Crippen molar-refractivity contribution in [2.75, 3.05) is 11.4 Å². The van der Waals surface area contributed by atoms with Crippen molar-refractivity contribution < 1.29 is 14.7 Å². The number of carbonyl (C=O) groups excluding carboxylic acids is 1. The van der Waals surface area contributed by atoms with E-state index in [9.17, 15) is 9.59 Å². The van der Waals surface area contributed by atoms with E-state index in [-0.39, 0.29) is 5.91 Å². The van der Waals surface area contributed by atoms with E-state index in [0.717, 1.165) is 23.4 Å². The molecule has 0 aliphatic rings. The number of hydrogen-bond acceptors (Lipinski definition) is 2. The van der Waals surface area contributed by atoms with Crippen LogP contribution in [0.25, 0.3) is 0 Å². The van der Waals surface area contributed by atoms with Gasteiger partial charge >= 0.3 is 5.97 Å². The van der Waals surface area contributed by atoms with Crippen LogP contribution in [0.1, 0.15) is 12.5 Å². The highest BCUT2D eigenvalue weighted by atomic mass is 16.4. The molecule has 1 rings (SSSR count). The van der Waals surface area contributed by atoms with E-state index in [1.807, 2.05) is 38.1 Å². The van der Waals surface area contributed by atoms with Crippen LogP contribution in [0, 0.1) is 6.92 Å². The van der Waals surface area contributed by atoms with Crippen LogP contribution in [-0.4, -0.2) is 23.5 Å². The highest BCUT2D eigenvalue weighted by Gasteiger charge is 2.12. The number of aryl methyl sites for hydroxylation is 1. The summed E-state index contributed by atoms with van der Waals surface area (Å²) in [6, 6.07) is 7.49. The monoisotopic (exact) mass is 233 g/mol. The normalized spacial score (nSPS) is 10.5. The third-order valence-electron chi connectivity index (χ3n) is 2.36. The van der Waals surface area contributed by atoms with Crippen LogP contribution in [0.5, 0.6) is 0 Å². The number of rotatable bonds is 4. The predicted octanol–water partition coefficient (Wildman–Crippen LogP) is 1.99. The van der Waals surface area contributed by atoms with E-state index in [4.69, 9.17) is 5.11 Å². The Morgan fingerprint density at radius 1 is 1.29 bits per heavy atom. The molecule has 4 nitrogen and oxygen atoms in total. The molecule has 0 spiro atoms. The Bertz CT molecular complexity index is 452. The van der Waals surface area contributed by atoms with Crippen LogP contribution in [-0.2, 0) is 9.59 Å². The van der Waals surface area contributed by atoms with Gasteiger partial charge in [0.25, 0.3) is 5.91 Å². The minimum atomic E-state index is -1.13. The van der Waals surface area contributed by atoms with Crippen LogP contribution >= 0.6 is 0 Å². The minimum Gasteiger partial charge on any atom is -0.478 e. The first-order chi connectivity index (χ1) is 8.06. The van der Waals surface area contributed by atoms with Crippen molar-refractivity contribution in [1.29, 1.82) is 0 Å². The van der Waals surface area contributed by atoms with E-state index in [2.05, 4.69) is 0 Å². The van der Waals surface area contributed by atoms with Gasteiger partial charge in [0.15, 0.2) is 0 Å². The third-order valence-corrected chi connectivity index (χ3v) is 2.36. The molecule has 0 bridgehead atoms. The zero-order valence-electron chi connectivity index (χ0n) is 9.88. The number of carbonyl (C=O) groups is 2. The maximum absolute atomic E-state index is 11.8. The molecule has 0 fully saturated rings. The molecule has 0 heterocycles. The lowest BCUT2D eigenvalue weighted by molar-refractivity contribution is -0.131. The van der Waals surface area contributed by atoms with Crippen molar-refractivity contribution >= 4 is 17.6 Å². The topological polar surface area (TPSA) is 57.6 Å². The molecule has 0 aliphatic heterocycles. The molecule has 0 aromatic heterocycles. The average molecular weight is 233 g/mol. The van der Waals surface area contributed by atoms with Gasteiger partial charge in [0.05, 0.1) is 0 Å². The number of amides is 1. The first-order valence-corrected chi connectivity index (χ1v) is 5.34. The zero-order chi connectivity index (χ0) is 12.8. The van der Waals surface area contributed by atoms with E-state index in [0.29, 0.717) is 6.54 Å². The highest BCUT2D eigenvalue weighted by molar-refractivity contribution is 6.04. The summed E-state index contributed by atoms with van der Waals surface area (Å²) in [7, 11) is 0. The van der Waals surface area contributed by atoms with Gasteiger partial charge in [0.1, 0.15) is 0 Å². The van der Waals surface area contributed by atoms with Gasteiger partial charge in [-0.25, -0.2) is 4.79 Å². The van der Waals surface area contributed by atoms with Gasteiger partial charge in [-0.15, -0.1) is 0 Å². The summed E-state index contributed by atoms with van der Waals surface area (Å²) in [4.78, 5) is 23.7. The first-order valence-electron chi connectivity index (χ1n) is 5.34. The lowest BCUT2D eigenvalue weighted by Crippen LogP contribution is -2.29. The molecular formula is C13H15NO3. The number of benzene rings is 1. The maximum Gasteiger partial charge on any atom is 0.328 e. The van der Waals surface area contributed by atoms with E-state index in [1.165, 1.54) is 4.90 Å². The molecule has 1 aromatic rings. The van der Waals surface area contributed by atoms with Crippen LogP contribution < -0.4 is 4.90 Å². The Morgan fingerprint density at radius 3 is 2.47 bits per heavy atom. The molecule has 1 N–H and O–H groups in total. The van der Waals surface area contributed by atoms with Crippen LogP contribution in [0.2, 0.25) is 0 Å². The lowest BCUT2D eigenvalue weighted by atomic mass is 10.2. The Balaban J connectivity index is 2.96. The van der Waals surface area contributed by atoms with E-state index >= 15 is 0 Å². The van der Waals surface area contributed by atoms with Crippen molar-refractivity contribution in [1.82, 2.24) is 0 Å². The van der Waals surface area contributed by atoms with Crippen molar-refractivity contribution in [3.8, 4) is 0 Å². The largest absolute Gasteiger partial charge is 0.478 e. The Morgan fingerprint density at radius 2 is 1.94 bits per heavy atom. The van der Waals surface area contributed by atoms with Crippen molar-refractivity contribution in [3.63, 3.8) is 0 Å². The van der Waals surface area contributed by atoms with E-state index in [1.54, 1.807) is 0 Å². The first kappa shape index (κ1) is 13.0. The van der Waals surface area contributed by atoms with Gasteiger partial charge in [0.2, 0.25) is 0 Å². The second kappa shape index (κ2) is 5.84. The lowest BCUT2D eigenvalue weighted by Gasteiger charge is -2.21. The summed E-state index contributed by atoms with van der Waals surface area (Å²) in [6.45, 7) is 4.25. The van der Waals surface area contributed by atoms with Crippen molar-refractivity contribution in [3.05, 3.63) is 42.0 Å². The van der Waals surface area contributed by atoms with E-state index < -0.39 is 5.97 Å². The SMILES string of the molecule is CCN(C(=O)/C=C\C(=O)O)c1ccccc1C. The van der Waals surface area contributed by atoms with Gasteiger partial charge < -0.3 is 10.0 Å². The molecule has 90 valence electrons. The molecule has 4 heteroatoms. The van der Waals surface area contributed by atoms with Gasteiger partial charge in [-0.1, -0.05) is 18.2 Å². The van der Waals surface area contributed by atoms with Gasteiger partial charge in [0, 0.05) is 24.4 Å². The van der Waals surface area contributed by atoms with Crippen LogP contribution in [0.3, 0.4) is 0 Å². The fourth-order valence-electron chi connectivity index (χ4n) is 1.54. The number of likely N-dealkylation sites (N-methyl/N-ethyl adjacent to an activating group) is 1. The number of carboxylic acid groups (broad SMARTS) is 1. The molecule has 0 radical (unpaired) electrons. The summed E-state index contributed by atoms with van der Waals surface area (Å²) in [5, 5.41) is 8.48. The van der Waals surface area contributed by atoms with Crippen LogP contribution in [0.4, 0.5) is 5.69 Å². The Labute approximate surface area is 100 Å². The average Bonchev–Trinajstić information content (AvgIpc) is 2.30. The number of para-hydroxylation sites is 1. The molecular weight excluding hydrogens is 218 g/mol. The fraction of sp³-hybridized carbons (Fsp3) is 0.231.